The average molecular weight is 339 g/mol. The van der Waals surface area contributed by atoms with Gasteiger partial charge >= 0.3 is 12.0 Å². The highest BCUT2D eigenvalue weighted by molar-refractivity contribution is 9.10. The molecular weight excluding hydrogens is 324 g/mol. The second-order valence-corrected chi connectivity index (χ2v) is 4.96. The Labute approximate surface area is 125 Å². The Morgan fingerprint density at radius 1 is 1.50 bits per heavy atom. The van der Waals surface area contributed by atoms with Gasteiger partial charge in [0.1, 0.15) is 0 Å². The van der Waals surface area contributed by atoms with E-state index in [0.29, 0.717) is 16.6 Å². The molecule has 1 aromatic carbocycles. The van der Waals surface area contributed by atoms with Gasteiger partial charge in [-0.1, -0.05) is 19.3 Å². The van der Waals surface area contributed by atoms with Crippen LogP contribution < -0.4 is 10.6 Å². The zero-order valence-corrected chi connectivity index (χ0v) is 12.5. The van der Waals surface area contributed by atoms with Gasteiger partial charge in [0.05, 0.1) is 17.3 Å². The van der Waals surface area contributed by atoms with Crippen molar-refractivity contribution in [2.45, 2.75) is 25.8 Å². The van der Waals surface area contributed by atoms with Crippen molar-refractivity contribution in [3.05, 3.63) is 28.2 Å². The fourth-order valence-electron chi connectivity index (χ4n) is 1.56. The van der Waals surface area contributed by atoms with Gasteiger partial charge in [-0.15, -0.1) is 6.42 Å². The maximum absolute atomic E-state index is 11.8. The van der Waals surface area contributed by atoms with Crippen LogP contribution in [0.1, 0.15) is 30.1 Å². The van der Waals surface area contributed by atoms with Crippen LogP contribution in [0.5, 0.6) is 0 Å². The standard InChI is InChI=1S/C14H15BrN2O3/c1-3-5-10(4-2)16-14(20)17-12-8-9(13(18)19)6-7-11(12)15/h2,6-8,10H,3,5H2,1H3,(H,18,19)(H2,16,17,20). The van der Waals surface area contributed by atoms with Gasteiger partial charge in [-0.25, -0.2) is 9.59 Å². The van der Waals surface area contributed by atoms with Crippen LogP contribution in [-0.2, 0) is 0 Å². The fourth-order valence-corrected chi connectivity index (χ4v) is 1.90. The van der Waals surface area contributed by atoms with Crippen LogP contribution in [0.15, 0.2) is 22.7 Å². The zero-order valence-electron chi connectivity index (χ0n) is 10.9. The lowest BCUT2D eigenvalue weighted by atomic mass is 10.2. The first-order valence-corrected chi connectivity index (χ1v) is 6.83. The molecule has 0 heterocycles. The Hall–Kier alpha value is -2.00. The SMILES string of the molecule is C#CC(CCC)NC(=O)Nc1cc(C(=O)O)ccc1Br. The fraction of sp³-hybridized carbons (Fsp3) is 0.286. The molecule has 1 aromatic rings. The first-order valence-electron chi connectivity index (χ1n) is 6.04. The number of rotatable bonds is 5. The molecule has 5 nitrogen and oxygen atoms in total. The monoisotopic (exact) mass is 338 g/mol. The van der Waals surface area contributed by atoms with Crippen molar-refractivity contribution in [2.75, 3.05) is 5.32 Å². The van der Waals surface area contributed by atoms with E-state index < -0.39 is 12.0 Å². The maximum Gasteiger partial charge on any atom is 0.335 e. The summed E-state index contributed by atoms with van der Waals surface area (Å²) in [5, 5.41) is 14.1. The molecule has 1 rings (SSSR count). The van der Waals surface area contributed by atoms with Crippen molar-refractivity contribution in [1.82, 2.24) is 5.32 Å². The summed E-state index contributed by atoms with van der Waals surface area (Å²) >= 11 is 3.25. The molecule has 0 saturated carbocycles. The highest BCUT2D eigenvalue weighted by atomic mass is 79.9. The number of terminal acetylenes is 1. The molecule has 0 aliphatic heterocycles. The zero-order chi connectivity index (χ0) is 15.1. The number of carbonyl (C=O) groups is 2. The number of halogens is 1. The van der Waals surface area contributed by atoms with Crippen LogP contribution in [0, 0.1) is 12.3 Å². The molecule has 0 spiro atoms. The third-order valence-corrected chi connectivity index (χ3v) is 3.24. The summed E-state index contributed by atoms with van der Waals surface area (Å²) in [7, 11) is 0. The largest absolute Gasteiger partial charge is 0.478 e. The summed E-state index contributed by atoms with van der Waals surface area (Å²) in [4.78, 5) is 22.7. The number of hydrogen-bond donors (Lipinski definition) is 3. The van der Waals surface area contributed by atoms with Crippen LogP contribution in [0.4, 0.5) is 10.5 Å². The summed E-state index contributed by atoms with van der Waals surface area (Å²) in [5.74, 6) is 1.42. The predicted molar refractivity (Wildman–Crippen MR) is 80.8 cm³/mol. The minimum absolute atomic E-state index is 0.0885. The minimum Gasteiger partial charge on any atom is -0.478 e. The number of aromatic carboxylic acids is 1. The average Bonchev–Trinajstić information content (AvgIpc) is 2.40. The summed E-state index contributed by atoms with van der Waals surface area (Å²) in [6, 6.07) is 3.56. The molecule has 0 saturated heterocycles. The van der Waals surface area contributed by atoms with Crippen molar-refractivity contribution in [1.29, 1.82) is 0 Å². The van der Waals surface area contributed by atoms with Gasteiger partial charge in [0.2, 0.25) is 0 Å². The molecule has 0 radical (unpaired) electrons. The number of hydrogen-bond acceptors (Lipinski definition) is 2. The third kappa shape index (κ3) is 4.59. The predicted octanol–water partition coefficient (Wildman–Crippen LogP) is 3.07. The van der Waals surface area contributed by atoms with E-state index in [0.717, 1.165) is 6.42 Å². The van der Waals surface area contributed by atoms with Crippen LogP contribution in [0.3, 0.4) is 0 Å². The topological polar surface area (TPSA) is 78.4 Å². The molecule has 106 valence electrons. The molecule has 0 bridgehead atoms. The number of carboxylic acids is 1. The van der Waals surface area contributed by atoms with Crippen LogP contribution in [-0.4, -0.2) is 23.1 Å². The molecular formula is C14H15BrN2O3. The summed E-state index contributed by atoms with van der Waals surface area (Å²) < 4.78 is 0.588. The van der Waals surface area contributed by atoms with Gasteiger partial charge in [0, 0.05) is 4.47 Å². The maximum atomic E-state index is 11.8. The Kier molecular flexibility index (Phi) is 6.07. The molecule has 20 heavy (non-hydrogen) atoms. The van der Waals surface area contributed by atoms with Gasteiger partial charge in [-0.2, -0.15) is 0 Å². The van der Waals surface area contributed by atoms with E-state index in [1.54, 1.807) is 6.07 Å². The van der Waals surface area contributed by atoms with Crippen molar-refractivity contribution >= 4 is 33.6 Å². The number of anilines is 1. The van der Waals surface area contributed by atoms with Gasteiger partial charge in [-0.05, 0) is 40.5 Å². The normalized spacial score (nSPS) is 11.2. The van der Waals surface area contributed by atoms with Crippen molar-refractivity contribution < 1.29 is 14.7 Å². The number of carbonyl (C=O) groups excluding carboxylic acids is 1. The lowest BCUT2D eigenvalue weighted by Crippen LogP contribution is -2.37. The minimum atomic E-state index is -1.06. The van der Waals surface area contributed by atoms with Crippen LogP contribution in [0.25, 0.3) is 0 Å². The number of amides is 2. The second-order valence-electron chi connectivity index (χ2n) is 4.11. The number of benzene rings is 1. The van der Waals surface area contributed by atoms with E-state index in [2.05, 4.69) is 32.5 Å². The lowest BCUT2D eigenvalue weighted by Gasteiger charge is -2.14. The molecule has 0 aliphatic carbocycles. The first kappa shape index (κ1) is 16.1. The Balaban J connectivity index is 2.77. The van der Waals surface area contributed by atoms with E-state index in [4.69, 9.17) is 11.5 Å². The summed E-state index contributed by atoms with van der Waals surface area (Å²) in [6.07, 6.45) is 6.85. The van der Waals surface area contributed by atoms with Crippen molar-refractivity contribution in [3.63, 3.8) is 0 Å². The van der Waals surface area contributed by atoms with Gasteiger partial charge < -0.3 is 15.7 Å². The molecule has 0 aromatic heterocycles. The Morgan fingerprint density at radius 3 is 2.75 bits per heavy atom. The number of urea groups is 1. The molecule has 0 aliphatic rings. The highest BCUT2D eigenvalue weighted by Gasteiger charge is 2.12. The lowest BCUT2D eigenvalue weighted by molar-refractivity contribution is 0.0697. The van der Waals surface area contributed by atoms with Crippen molar-refractivity contribution in [2.24, 2.45) is 0 Å². The number of nitrogens with one attached hydrogen (secondary N) is 2. The molecule has 1 atom stereocenters. The second kappa shape index (κ2) is 7.56. The molecule has 2 amide bonds. The van der Waals surface area contributed by atoms with Gasteiger partial charge in [0.15, 0.2) is 0 Å². The van der Waals surface area contributed by atoms with E-state index in [1.165, 1.54) is 12.1 Å². The Morgan fingerprint density at radius 2 is 2.20 bits per heavy atom. The molecule has 0 fully saturated rings. The van der Waals surface area contributed by atoms with Crippen LogP contribution >= 0.6 is 15.9 Å². The van der Waals surface area contributed by atoms with Gasteiger partial charge in [-0.3, -0.25) is 0 Å². The van der Waals surface area contributed by atoms with Gasteiger partial charge in [0.25, 0.3) is 0 Å². The molecule has 3 N–H and O–H groups in total. The number of carboxylic acid groups (broad SMARTS) is 1. The smallest absolute Gasteiger partial charge is 0.335 e. The van der Waals surface area contributed by atoms with E-state index in [9.17, 15) is 9.59 Å². The quantitative estimate of drug-likeness (QED) is 0.722. The molecule has 1 unspecified atom stereocenters. The van der Waals surface area contributed by atoms with Crippen molar-refractivity contribution in [3.8, 4) is 12.3 Å². The van der Waals surface area contributed by atoms with E-state index >= 15 is 0 Å². The third-order valence-electron chi connectivity index (χ3n) is 2.55. The van der Waals surface area contributed by atoms with E-state index in [-0.39, 0.29) is 11.6 Å². The van der Waals surface area contributed by atoms with E-state index in [1.807, 2.05) is 6.92 Å². The molecule has 6 heteroatoms. The first-order chi connectivity index (χ1) is 9.47. The Bertz CT molecular complexity index is 552. The summed E-state index contributed by atoms with van der Waals surface area (Å²) in [6.45, 7) is 1.97. The van der Waals surface area contributed by atoms with Crippen LogP contribution in [0.2, 0.25) is 0 Å². The summed E-state index contributed by atoms with van der Waals surface area (Å²) in [5.41, 5.74) is 0.459. The highest BCUT2D eigenvalue weighted by Crippen LogP contribution is 2.23.